The molecule has 0 amide bonds. The summed E-state index contributed by atoms with van der Waals surface area (Å²) in [6, 6.07) is 18.0. The van der Waals surface area contributed by atoms with Gasteiger partial charge in [0.05, 0.1) is 5.60 Å². The van der Waals surface area contributed by atoms with E-state index in [1.165, 1.54) is 22.4 Å². The summed E-state index contributed by atoms with van der Waals surface area (Å²) in [4.78, 5) is 2.13. The van der Waals surface area contributed by atoms with Crippen molar-refractivity contribution in [1.82, 2.24) is 5.32 Å². The van der Waals surface area contributed by atoms with Crippen LogP contribution in [0.1, 0.15) is 49.8 Å². The Bertz CT molecular complexity index is 749. The monoisotopic (exact) mass is 380 g/mol. The van der Waals surface area contributed by atoms with Crippen molar-refractivity contribution in [3.05, 3.63) is 65.2 Å². The summed E-state index contributed by atoms with van der Waals surface area (Å²) < 4.78 is 6.05. The molecule has 1 atom stereocenters. The lowest BCUT2D eigenvalue weighted by molar-refractivity contribution is -0.0840. The normalized spacial score (nSPS) is 21.5. The Hall–Kier alpha value is -1.84. The van der Waals surface area contributed by atoms with Crippen LogP contribution >= 0.6 is 0 Å². The van der Waals surface area contributed by atoms with Crippen molar-refractivity contribution < 1.29 is 4.74 Å². The van der Waals surface area contributed by atoms with E-state index in [4.69, 9.17) is 4.74 Å². The van der Waals surface area contributed by atoms with Crippen molar-refractivity contribution in [2.75, 3.05) is 32.1 Å². The number of hydrogen-bond acceptors (Lipinski definition) is 3. The molecule has 3 nitrogen and oxygen atoms in total. The number of hydrogen-bond donors (Lipinski definition) is 1. The molecule has 0 aromatic heterocycles. The Morgan fingerprint density at radius 2 is 1.68 bits per heavy atom. The highest BCUT2D eigenvalue weighted by Crippen LogP contribution is 2.43. The number of nitrogens with zero attached hydrogens (tertiary/aromatic N) is 1. The van der Waals surface area contributed by atoms with Crippen LogP contribution in [0.3, 0.4) is 0 Å². The van der Waals surface area contributed by atoms with E-state index in [-0.39, 0.29) is 11.0 Å². The minimum absolute atomic E-state index is 0.0643. The third-order valence-corrected chi connectivity index (χ3v) is 6.06. The molecular weight excluding hydrogens is 344 g/mol. The lowest BCUT2D eigenvalue weighted by Crippen LogP contribution is -2.45. The van der Waals surface area contributed by atoms with E-state index >= 15 is 0 Å². The van der Waals surface area contributed by atoms with Gasteiger partial charge in [0.25, 0.3) is 0 Å². The highest BCUT2D eigenvalue weighted by atomic mass is 16.5. The maximum Gasteiger partial charge on any atom is 0.0635 e. The second-order valence-corrected chi connectivity index (χ2v) is 9.17. The lowest BCUT2D eigenvalue weighted by atomic mass is 9.67. The van der Waals surface area contributed by atoms with E-state index in [0.29, 0.717) is 0 Å². The smallest absolute Gasteiger partial charge is 0.0635 e. The first-order valence-electron chi connectivity index (χ1n) is 10.5. The third kappa shape index (κ3) is 5.15. The summed E-state index contributed by atoms with van der Waals surface area (Å²) in [5.41, 5.74) is 5.49. The number of nitrogens with one attached hydrogen (secondary N) is 1. The standard InChI is InChI=1S/C25H36N2O/c1-20-6-10-22(11-7-20)25(15-17-28-24(2,3)19-25)14-16-26-18-21-8-12-23(13-9-21)27(4)5/h6-13,26H,14-19H2,1-5H3. The number of ether oxygens (including phenoxy) is 1. The highest BCUT2D eigenvalue weighted by molar-refractivity contribution is 5.45. The van der Waals surface area contributed by atoms with Crippen molar-refractivity contribution in [3.8, 4) is 0 Å². The quantitative estimate of drug-likeness (QED) is 0.679. The van der Waals surface area contributed by atoms with Crippen LogP contribution < -0.4 is 10.2 Å². The molecule has 0 bridgehead atoms. The zero-order valence-corrected chi connectivity index (χ0v) is 18.2. The van der Waals surface area contributed by atoms with Gasteiger partial charge in [-0.15, -0.1) is 0 Å². The van der Waals surface area contributed by atoms with Crippen LogP contribution in [0.4, 0.5) is 5.69 Å². The van der Waals surface area contributed by atoms with Crippen LogP contribution in [0, 0.1) is 6.92 Å². The fourth-order valence-corrected chi connectivity index (χ4v) is 4.46. The van der Waals surface area contributed by atoms with E-state index in [1.54, 1.807) is 0 Å². The van der Waals surface area contributed by atoms with Crippen LogP contribution in [0.5, 0.6) is 0 Å². The minimum Gasteiger partial charge on any atom is -0.378 e. The molecule has 3 rings (SSSR count). The van der Waals surface area contributed by atoms with E-state index < -0.39 is 0 Å². The first kappa shape index (κ1) is 20.9. The maximum atomic E-state index is 6.05. The first-order valence-corrected chi connectivity index (χ1v) is 10.5. The fraction of sp³-hybridized carbons (Fsp3) is 0.520. The van der Waals surface area contributed by atoms with Gasteiger partial charge in [0, 0.05) is 38.3 Å². The molecule has 3 heteroatoms. The van der Waals surface area contributed by atoms with Crippen LogP contribution in [-0.2, 0) is 16.7 Å². The van der Waals surface area contributed by atoms with Gasteiger partial charge in [-0.3, -0.25) is 0 Å². The largest absolute Gasteiger partial charge is 0.378 e. The average Bonchev–Trinajstić information content (AvgIpc) is 2.65. The Morgan fingerprint density at radius 1 is 1.00 bits per heavy atom. The topological polar surface area (TPSA) is 24.5 Å². The molecule has 0 aliphatic carbocycles. The van der Waals surface area contributed by atoms with Gasteiger partial charge < -0.3 is 15.0 Å². The van der Waals surface area contributed by atoms with Gasteiger partial charge in [-0.05, 0) is 69.8 Å². The van der Waals surface area contributed by atoms with E-state index in [2.05, 4.69) is 93.6 Å². The van der Waals surface area contributed by atoms with Crippen molar-refractivity contribution in [2.45, 2.75) is 57.6 Å². The molecule has 0 spiro atoms. The van der Waals surface area contributed by atoms with Gasteiger partial charge in [0.1, 0.15) is 0 Å². The third-order valence-electron chi connectivity index (χ3n) is 6.06. The molecule has 0 radical (unpaired) electrons. The molecule has 1 saturated heterocycles. The molecule has 1 N–H and O–H groups in total. The molecule has 2 aromatic rings. The SMILES string of the molecule is Cc1ccc(C2(CCNCc3ccc(N(C)C)cc3)CCOC(C)(C)C2)cc1. The molecule has 2 aromatic carbocycles. The Morgan fingerprint density at radius 3 is 2.29 bits per heavy atom. The molecule has 28 heavy (non-hydrogen) atoms. The number of rotatable bonds is 7. The lowest BCUT2D eigenvalue weighted by Gasteiger charge is -2.45. The van der Waals surface area contributed by atoms with Gasteiger partial charge in [-0.25, -0.2) is 0 Å². The molecule has 152 valence electrons. The molecular formula is C25H36N2O. The zero-order chi connectivity index (χ0) is 20.2. The summed E-state index contributed by atoms with van der Waals surface area (Å²) >= 11 is 0. The summed E-state index contributed by atoms with van der Waals surface area (Å²) in [5.74, 6) is 0. The number of aryl methyl sites for hydroxylation is 1. The molecule has 0 saturated carbocycles. The van der Waals surface area contributed by atoms with E-state index in [1.807, 2.05) is 0 Å². The summed E-state index contributed by atoms with van der Waals surface area (Å²) in [5, 5.41) is 3.68. The number of benzene rings is 2. The fourth-order valence-electron chi connectivity index (χ4n) is 4.46. The summed E-state index contributed by atoms with van der Waals surface area (Å²) in [6.45, 7) is 9.39. The molecule has 1 aliphatic heterocycles. The molecule has 1 heterocycles. The van der Waals surface area contributed by atoms with Crippen molar-refractivity contribution in [3.63, 3.8) is 0 Å². The van der Waals surface area contributed by atoms with Gasteiger partial charge in [0.2, 0.25) is 0 Å². The second kappa shape index (κ2) is 8.67. The first-order chi connectivity index (χ1) is 13.3. The Kier molecular flexibility index (Phi) is 6.47. The summed E-state index contributed by atoms with van der Waals surface area (Å²) in [6.07, 6.45) is 3.31. The van der Waals surface area contributed by atoms with Gasteiger partial charge in [0.15, 0.2) is 0 Å². The van der Waals surface area contributed by atoms with Gasteiger partial charge >= 0.3 is 0 Å². The van der Waals surface area contributed by atoms with Crippen molar-refractivity contribution in [2.24, 2.45) is 0 Å². The predicted octanol–water partition coefficient (Wildman–Crippen LogP) is 5.07. The predicted molar refractivity (Wildman–Crippen MR) is 119 cm³/mol. The highest BCUT2D eigenvalue weighted by Gasteiger charge is 2.41. The van der Waals surface area contributed by atoms with Gasteiger partial charge in [-0.1, -0.05) is 42.0 Å². The zero-order valence-electron chi connectivity index (χ0n) is 18.2. The van der Waals surface area contributed by atoms with Crippen LogP contribution in [-0.4, -0.2) is 32.8 Å². The van der Waals surface area contributed by atoms with Crippen molar-refractivity contribution in [1.29, 1.82) is 0 Å². The number of anilines is 1. The summed E-state index contributed by atoms with van der Waals surface area (Å²) in [7, 11) is 4.15. The Labute approximate surface area is 171 Å². The van der Waals surface area contributed by atoms with Crippen LogP contribution in [0.25, 0.3) is 0 Å². The maximum absolute atomic E-state index is 6.05. The van der Waals surface area contributed by atoms with Gasteiger partial charge in [-0.2, -0.15) is 0 Å². The van der Waals surface area contributed by atoms with Crippen LogP contribution in [0.2, 0.25) is 0 Å². The van der Waals surface area contributed by atoms with Crippen molar-refractivity contribution >= 4 is 5.69 Å². The van der Waals surface area contributed by atoms with E-state index in [0.717, 1.165) is 39.0 Å². The van der Waals surface area contributed by atoms with E-state index in [9.17, 15) is 0 Å². The Balaban J connectivity index is 1.64. The average molecular weight is 381 g/mol. The van der Waals surface area contributed by atoms with Crippen LogP contribution in [0.15, 0.2) is 48.5 Å². The minimum atomic E-state index is -0.0643. The molecule has 1 aliphatic rings. The molecule has 1 unspecified atom stereocenters. The second-order valence-electron chi connectivity index (χ2n) is 9.17. The molecule has 1 fully saturated rings.